The van der Waals surface area contributed by atoms with E-state index in [2.05, 4.69) is 21.3 Å². The van der Waals surface area contributed by atoms with Crippen molar-refractivity contribution in [3.8, 4) is 0 Å². The van der Waals surface area contributed by atoms with E-state index in [0.29, 0.717) is 27.2 Å². The fraction of sp³-hybridized carbons (Fsp3) is 0.115. The van der Waals surface area contributed by atoms with Crippen LogP contribution in [0.5, 0.6) is 0 Å². The smallest absolute Gasteiger partial charge is 0.260 e. The van der Waals surface area contributed by atoms with Gasteiger partial charge in [0.25, 0.3) is 5.91 Å². The van der Waals surface area contributed by atoms with Gasteiger partial charge in [-0.2, -0.15) is 0 Å². The molecule has 1 aliphatic heterocycles. The maximum absolute atomic E-state index is 14.0. The van der Waals surface area contributed by atoms with Crippen LogP contribution in [0.4, 0.5) is 10.1 Å². The molecule has 8 heteroatoms. The Balaban J connectivity index is 1.49. The van der Waals surface area contributed by atoms with Gasteiger partial charge in [0.15, 0.2) is 5.50 Å². The maximum atomic E-state index is 14.0. The number of carbonyl (C=O) groups is 1. The molecule has 1 unspecified atom stereocenters. The lowest BCUT2D eigenvalue weighted by Crippen LogP contribution is -2.31. The summed E-state index contributed by atoms with van der Waals surface area (Å²) in [6.45, 7) is 2.60. The molecule has 1 aromatic heterocycles. The van der Waals surface area contributed by atoms with Gasteiger partial charge in [-0.3, -0.25) is 4.79 Å². The van der Waals surface area contributed by atoms with Gasteiger partial charge in [-0.1, -0.05) is 71.4 Å². The van der Waals surface area contributed by atoms with Gasteiger partial charge < -0.3 is 15.2 Å². The predicted molar refractivity (Wildman–Crippen MR) is 140 cm³/mol. The second-order valence-corrected chi connectivity index (χ2v) is 9.93. The first kappa shape index (κ1) is 22.8. The van der Waals surface area contributed by atoms with Crippen LogP contribution in [-0.2, 0) is 11.3 Å². The summed E-state index contributed by atoms with van der Waals surface area (Å²) < 4.78 is 16.2. The normalized spacial score (nSPS) is 16.9. The molecule has 1 amide bonds. The molecule has 0 aliphatic carbocycles. The zero-order valence-corrected chi connectivity index (χ0v) is 20.4. The number of carbonyl (C=O) groups excluding carboxylic acids is 1. The quantitative estimate of drug-likeness (QED) is 0.282. The SMILES string of the molecule is Cc1c(/C=C2\SC(Nc3ccccc3F)NC2=O)c2ccccc2n1Cc1ccc(Cl)cc1Cl. The number of aromatic nitrogens is 1. The topological polar surface area (TPSA) is 46.1 Å². The fourth-order valence-corrected chi connectivity index (χ4v) is 5.51. The Morgan fingerprint density at radius 2 is 1.88 bits per heavy atom. The van der Waals surface area contributed by atoms with Crippen molar-refractivity contribution in [1.82, 2.24) is 9.88 Å². The van der Waals surface area contributed by atoms with Gasteiger partial charge in [0, 0.05) is 38.8 Å². The summed E-state index contributed by atoms with van der Waals surface area (Å²) in [5.74, 6) is -0.564. The van der Waals surface area contributed by atoms with Crippen molar-refractivity contribution in [3.05, 3.63) is 104 Å². The molecule has 0 bridgehead atoms. The van der Waals surface area contributed by atoms with Crippen LogP contribution in [-0.4, -0.2) is 16.0 Å². The molecule has 5 rings (SSSR count). The highest BCUT2D eigenvalue weighted by Crippen LogP contribution is 2.35. The van der Waals surface area contributed by atoms with Crippen LogP contribution in [0.2, 0.25) is 10.0 Å². The minimum atomic E-state index is -0.461. The van der Waals surface area contributed by atoms with E-state index in [1.165, 1.54) is 17.8 Å². The standard InChI is InChI=1S/C26H20Cl2FN3OS/c1-15-19(13-24-25(33)31-26(34-24)30-22-8-4-3-7-21(22)29)18-6-2-5-9-23(18)32(15)14-16-10-11-17(27)12-20(16)28/h2-13,26,30H,14H2,1H3,(H,31,33)/b24-13-. The van der Waals surface area contributed by atoms with Gasteiger partial charge in [-0.05, 0) is 48.9 Å². The Morgan fingerprint density at radius 3 is 2.68 bits per heavy atom. The van der Waals surface area contributed by atoms with Crippen LogP contribution in [0.25, 0.3) is 17.0 Å². The second-order valence-electron chi connectivity index (χ2n) is 7.94. The second kappa shape index (κ2) is 9.37. The van der Waals surface area contributed by atoms with E-state index in [4.69, 9.17) is 23.2 Å². The van der Waals surface area contributed by atoms with Crippen LogP contribution >= 0.6 is 35.0 Å². The van der Waals surface area contributed by atoms with E-state index in [1.54, 1.807) is 24.3 Å². The van der Waals surface area contributed by atoms with Gasteiger partial charge in [-0.15, -0.1) is 0 Å². The Labute approximate surface area is 210 Å². The van der Waals surface area contributed by atoms with E-state index in [1.807, 2.05) is 43.3 Å². The first-order chi connectivity index (χ1) is 16.4. The molecule has 1 atom stereocenters. The molecule has 1 saturated heterocycles. The van der Waals surface area contributed by atoms with Crippen LogP contribution in [0, 0.1) is 12.7 Å². The van der Waals surface area contributed by atoms with Crippen LogP contribution in [0.15, 0.2) is 71.6 Å². The van der Waals surface area contributed by atoms with Gasteiger partial charge in [0.05, 0.1) is 10.6 Å². The Kier molecular flexibility index (Phi) is 6.30. The summed E-state index contributed by atoms with van der Waals surface area (Å²) in [6, 6.07) is 20.0. The number of hydrogen-bond acceptors (Lipinski definition) is 3. The largest absolute Gasteiger partial charge is 0.354 e. The number of nitrogens with one attached hydrogen (secondary N) is 2. The number of hydrogen-bond donors (Lipinski definition) is 2. The molecule has 2 N–H and O–H groups in total. The number of thioether (sulfide) groups is 1. The van der Waals surface area contributed by atoms with E-state index >= 15 is 0 Å². The molecule has 4 aromatic rings. The van der Waals surface area contributed by atoms with E-state index in [-0.39, 0.29) is 11.7 Å². The number of halogens is 3. The minimum Gasteiger partial charge on any atom is -0.354 e. The maximum Gasteiger partial charge on any atom is 0.260 e. The predicted octanol–water partition coefficient (Wildman–Crippen LogP) is 7.04. The van der Waals surface area contributed by atoms with Gasteiger partial charge in [-0.25, -0.2) is 4.39 Å². The lowest BCUT2D eigenvalue weighted by atomic mass is 10.1. The molecule has 1 aliphatic rings. The molecule has 0 radical (unpaired) electrons. The van der Waals surface area contributed by atoms with E-state index < -0.39 is 5.50 Å². The number of anilines is 1. The first-order valence-electron chi connectivity index (χ1n) is 10.6. The molecular weight excluding hydrogens is 492 g/mol. The number of fused-ring (bicyclic) bond motifs is 1. The molecule has 0 spiro atoms. The van der Waals surface area contributed by atoms with Crippen molar-refractivity contribution < 1.29 is 9.18 Å². The average Bonchev–Trinajstić information content (AvgIpc) is 3.29. The monoisotopic (exact) mass is 511 g/mol. The van der Waals surface area contributed by atoms with Crippen molar-refractivity contribution in [1.29, 1.82) is 0 Å². The van der Waals surface area contributed by atoms with Gasteiger partial charge in [0.2, 0.25) is 0 Å². The minimum absolute atomic E-state index is 0.198. The lowest BCUT2D eigenvalue weighted by molar-refractivity contribution is -0.116. The average molecular weight is 512 g/mol. The third-order valence-corrected chi connectivity index (χ3v) is 7.41. The summed E-state index contributed by atoms with van der Waals surface area (Å²) in [5, 5.41) is 8.15. The van der Waals surface area contributed by atoms with Crippen molar-refractivity contribution in [2.75, 3.05) is 5.32 Å². The van der Waals surface area contributed by atoms with E-state index in [0.717, 1.165) is 27.7 Å². The number of rotatable bonds is 5. The van der Waals surface area contributed by atoms with Crippen LogP contribution in [0.3, 0.4) is 0 Å². The summed E-state index contributed by atoms with van der Waals surface area (Å²) >= 11 is 13.8. The molecule has 1 fully saturated rings. The summed E-state index contributed by atoms with van der Waals surface area (Å²) in [4.78, 5) is 13.3. The highest BCUT2D eigenvalue weighted by atomic mass is 35.5. The molecule has 4 nitrogen and oxygen atoms in total. The van der Waals surface area contributed by atoms with Crippen LogP contribution in [0.1, 0.15) is 16.8 Å². The van der Waals surface area contributed by atoms with Gasteiger partial charge in [0.1, 0.15) is 5.82 Å². The molecular formula is C26H20Cl2FN3OS. The zero-order valence-electron chi connectivity index (χ0n) is 18.1. The van der Waals surface area contributed by atoms with Gasteiger partial charge >= 0.3 is 0 Å². The van der Waals surface area contributed by atoms with E-state index in [9.17, 15) is 9.18 Å². The lowest BCUT2D eigenvalue weighted by Gasteiger charge is -2.13. The summed E-state index contributed by atoms with van der Waals surface area (Å²) in [6.07, 6.45) is 1.90. The van der Waals surface area contributed by atoms with Crippen molar-refractivity contribution >= 4 is 63.5 Å². The Bertz CT molecular complexity index is 1450. The van der Waals surface area contributed by atoms with Crippen LogP contribution < -0.4 is 10.6 Å². The van der Waals surface area contributed by atoms with Crippen molar-refractivity contribution in [3.63, 3.8) is 0 Å². The first-order valence-corrected chi connectivity index (χ1v) is 12.3. The molecule has 2 heterocycles. The molecule has 172 valence electrons. The van der Waals surface area contributed by atoms with Crippen molar-refractivity contribution in [2.45, 2.75) is 19.0 Å². The number of para-hydroxylation sites is 2. The third-order valence-electron chi connectivity index (χ3n) is 5.79. The Morgan fingerprint density at radius 1 is 1.12 bits per heavy atom. The third kappa shape index (κ3) is 4.41. The highest BCUT2D eigenvalue weighted by molar-refractivity contribution is 8.05. The summed E-state index contributed by atoms with van der Waals surface area (Å²) in [7, 11) is 0. The number of benzene rings is 3. The Hall–Kier alpha value is -2.93. The van der Waals surface area contributed by atoms with Crippen molar-refractivity contribution in [2.24, 2.45) is 0 Å². The molecule has 0 saturated carbocycles. The number of amides is 1. The molecule has 3 aromatic carbocycles. The fourth-order valence-electron chi connectivity index (χ4n) is 4.08. The zero-order chi connectivity index (χ0) is 23.8. The number of nitrogens with zero attached hydrogens (tertiary/aromatic N) is 1. The highest BCUT2D eigenvalue weighted by Gasteiger charge is 2.28. The summed E-state index contributed by atoms with van der Waals surface area (Å²) in [5.41, 5.74) is 3.86. The molecule has 34 heavy (non-hydrogen) atoms.